The third-order valence-electron chi connectivity index (χ3n) is 5.68. The molecule has 7 heteroatoms. The van der Waals surface area contributed by atoms with Crippen LogP contribution in [0.15, 0.2) is 54.6 Å². The number of anilines is 1. The van der Waals surface area contributed by atoms with E-state index >= 15 is 0 Å². The number of nitrogens with zero attached hydrogens (tertiary/aromatic N) is 6. The Bertz CT molecular complexity index is 956. The molecule has 4 rings (SSSR count). The molecule has 2 aromatic carbocycles. The Morgan fingerprint density at radius 2 is 1.61 bits per heavy atom. The van der Waals surface area contributed by atoms with Crippen LogP contribution in [0.2, 0.25) is 0 Å². The monoisotopic (exact) mass is 420 g/mol. The van der Waals surface area contributed by atoms with Crippen LogP contribution in [0.25, 0.3) is 0 Å². The lowest BCUT2D eigenvalue weighted by Crippen LogP contribution is -2.48. The molecule has 0 saturated carbocycles. The zero-order chi connectivity index (χ0) is 21.8. The van der Waals surface area contributed by atoms with E-state index in [4.69, 9.17) is 4.74 Å². The number of aromatic nitrogens is 4. The van der Waals surface area contributed by atoms with Gasteiger partial charge in [-0.15, -0.1) is 5.10 Å². The first-order chi connectivity index (χ1) is 15.0. The molecule has 0 spiro atoms. The van der Waals surface area contributed by atoms with Gasteiger partial charge in [-0.3, -0.25) is 4.90 Å². The van der Waals surface area contributed by atoms with Gasteiger partial charge in [0.2, 0.25) is 0 Å². The molecule has 164 valence electrons. The molecule has 0 aliphatic carbocycles. The van der Waals surface area contributed by atoms with Gasteiger partial charge in [-0.05, 0) is 68.0 Å². The van der Waals surface area contributed by atoms with Crippen LogP contribution in [-0.4, -0.2) is 57.9 Å². The van der Waals surface area contributed by atoms with E-state index < -0.39 is 0 Å². The normalized spacial score (nSPS) is 16.3. The summed E-state index contributed by atoms with van der Waals surface area (Å²) in [5.41, 5.74) is 2.25. The van der Waals surface area contributed by atoms with E-state index in [-0.39, 0.29) is 11.6 Å². The van der Waals surface area contributed by atoms with Crippen molar-refractivity contribution in [2.75, 3.05) is 37.7 Å². The highest BCUT2D eigenvalue weighted by atomic mass is 16.5. The minimum absolute atomic E-state index is 0.0113. The summed E-state index contributed by atoms with van der Waals surface area (Å²) < 4.78 is 7.61. The fourth-order valence-corrected chi connectivity index (χ4v) is 4.16. The lowest BCUT2D eigenvalue weighted by Gasteiger charge is -2.40. The summed E-state index contributed by atoms with van der Waals surface area (Å²) in [6.45, 7) is 12.9. The third kappa shape index (κ3) is 4.71. The van der Waals surface area contributed by atoms with Crippen molar-refractivity contribution in [2.45, 2.75) is 39.3 Å². The van der Waals surface area contributed by atoms with Crippen LogP contribution in [0.3, 0.4) is 0 Å². The van der Waals surface area contributed by atoms with Gasteiger partial charge in [0.05, 0.1) is 18.2 Å². The topological polar surface area (TPSA) is 59.3 Å². The largest absolute Gasteiger partial charge is 0.494 e. The van der Waals surface area contributed by atoms with Crippen molar-refractivity contribution in [3.8, 4) is 5.75 Å². The highest BCUT2D eigenvalue weighted by molar-refractivity contribution is 5.46. The lowest BCUT2D eigenvalue weighted by atomic mass is 10.0. The van der Waals surface area contributed by atoms with Crippen LogP contribution in [0, 0.1) is 0 Å². The molecule has 1 aromatic heterocycles. The molecule has 1 fully saturated rings. The first-order valence-electron chi connectivity index (χ1n) is 11.0. The van der Waals surface area contributed by atoms with Crippen molar-refractivity contribution in [1.29, 1.82) is 0 Å². The highest BCUT2D eigenvalue weighted by Crippen LogP contribution is 2.32. The summed E-state index contributed by atoms with van der Waals surface area (Å²) in [6, 6.07) is 19.0. The summed E-state index contributed by atoms with van der Waals surface area (Å²) in [4.78, 5) is 4.93. The van der Waals surface area contributed by atoms with E-state index in [0.717, 1.165) is 37.8 Å². The molecular formula is C24H32N6O. The van der Waals surface area contributed by atoms with Gasteiger partial charge in [-0.25, -0.2) is 4.68 Å². The smallest absolute Gasteiger partial charge is 0.173 e. The van der Waals surface area contributed by atoms with Gasteiger partial charge in [-0.2, -0.15) is 0 Å². The maximum atomic E-state index is 5.65. The summed E-state index contributed by atoms with van der Waals surface area (Å²) in [5.74, 6) is 1.76. The Hall–Kier alpha value is -2.93. The highest BCUT2D eigenvalue weighted by Gasteiger charge is 2.33. The summed E-state index contributed by atoms with van der Waals surface area (Å²) in [7, 11) is 0. The molecule has 3 aromatic rings. The maximum Gasteiger partial charge on any atom is 0.173 e. The average molecular weight is 421 g/mol. The number of para-hydroxylation sites is 1. The number of piperazine rings is 1. The molecule has 1 aliphatic rings. The Morgan fingerprint density at radius 3 is 2.23 bits per heavy atom. The summed E-state index contributed by atoms with van der Waals surface area (Å²) in [6.07, 6.45) is 0. The van der Waals surface area contributed by atoms with Gasteiger partial charge in [-0.1, -0.05) is 30.3 Å². The number of hydrogen-bond acceptors (Lipinski definition) is 6. The van der Waals surface area contributed by atoms with Gasteiger partial charge in [0.15, 0.2) is 5.82 Å². The average Bonchev–Trinajstić information content (AvgIpc) is 3.27. The molecule has 0 N–H and O–H groups in total. The van der Waals surface area contributed by atoms with Crippen molar-refractivity contribution >= 4 is 5.69 Å². The Labute approximate surface area is 184 Å². The number of benzene rings is 2. The van der Waals surface area contributed by atoms with E-state index in [0.29, 0.717) is 6.61 Å². The van der Waals surface area contributed by atoms with Crippen molar-refractivity contribution in [3.05, 3.63) is 66.0 Å². The first-order valence-corrected chi connectivity index (χ1v) is 11.0. The van der Waals surface area contributed by atoms with E-state index in [9.17, 15) is 0 Å². The van der Waals surface area contributed by atoms with E-state index in [2.05, 4.69) is 88.6 Å². The van der Waals surface area contributed by atoms with Gasteiger partial charge in [0.25, 0.3) is 0 Å². The number of hydrogen-bond donors (Lipinski definition) is 0. The van der Waals surface area contributed by atoms with E-state index in [1.54, 1.807) is 0 Å². The molecule has 0 amide bonds. The second-order valence-electron chi connectivity index (χ2n) is 8.88. The van der Waals surface area contributed by atoms with Crippen molar-refractivity contribution in [1.82, 2.24) is 25.1 Å². The zero-order valence-corrected chi connectivity index (χ0v) is 18.9. The van der Waals surface area contributed by atoms with Crippen molar-refractivity contribution in [2.24, 2.45) is 0 Å². The van der Waals surface area contributed by atoms with Gasteiger partial charge < -0.3 is 9.64 Å². The lowest BCUT2D eigenvalue weighted by molar-refractivity contribution is 0.191. The van der Waals surface area contributed by atoms with Crippen molar-refractivity contribution in [3.63, 3.8) is 0 Å². The Balaban J connectivity index is 1.63. The first kappa shape index (κ1) is 21.3. The molecular weight excluding hydrogens is 388 g/mol. The third-order valence-corrected chi connectivity index (χ3v) is 5.68. The predicted octanol–water partition coefficient (Wildman–Crippen LogP) is 3.74. The molecule has 0 unspecified atom stereocenters. The quantitative estimate of drug-likeness (QED) is 0.606. The summed E-state index contributed by atoms with van der Waals surface area (Å²) in [5, 5.41) is 12.9. The Kier molecular flexibility index (Phi) is 6.23. The maximum absolute atomic E-state index is 5.65. The van der Waals surface area contributed by atoms with Gasteiger partial charge in [0, 0.05) is 31.9 Å². The molecule has 0 bridgehead atoms. The van der Waals surface area contributed by atoms with Crippen LogP contribution >= 0.6 is 0 Å². The molecule has 7 nitrogen and oxygen atoms in total. The fourth-order valence-electron chi connectivity index (χ4n) is 4.16. The van der Waals surface area contributed by atoms with Crippen LogP contribution in [0.5, 0.6) is 5.75 Å². The Morgan fingerprint density at radius 1 is 0.935 bits per heavy atom. The number of ether oxygens (including phenoxy) is 1. The minimum atomic E-state index is -0.200. The van der Waals surface area contributed by atoms with Gasteiger partial charge in [0.1, 0.15) is 5.75 Å². The molecule has 1 aliphatic heterocycles. The molecule has 2 heterocycles. The van der Waals surface area contributed by atoms with Crippen LogP contribution in [-0.2, 0) is 5.54 Å². The predicted molar refractivity (Wildman–Crippen MR) is 122 cm³/mol. The molecule has 0 radical (unpaired) electrons. The minimum Gasteiger partial charge on any atom is -0.494 e. The number of rotatable bonds is 6. The second kappa shape index (κ2) is 9.06. The zero-order valence-electron chi connectivity index (χ0n) is 18.9. The van der Waals surface area contributed by atoms with Gasteiger partial charge >= 0.3 is 0 Å². The number of tetrazole rings is 1. The molecule has 1 saturated heterocycles. The van der Waals surface area contributed by atoms with Crippen LogP contribution in [0.1, 0.15) is 45.1 Å². The second-order valence-corrected chi connectivity index (χ2v) is 8.88. The molecule has 1 atom stereocenters. The fraction of sp³-hybridized carbons (Fsp3) is 0.458. The van der Waals surface area contributed by atoms with Crippen LogP contribution < -0.4 is 9.64 Å². The van der Waals surface area contributed by atoms with E-state index in [1.165, 1.54) is 11.3 Å². The van der Waals surface area contributed by atoms with Crippen LogP contribution in [0.4, 0.5) is 5.69 Å². The van der Waals surface area contributed by atoms with Crippen molar-refractivity contribution < 1.29 is 4.74 Å². The molecule has 31 heavy (non-hydrogen) atoms. The standard InChI is InChI=1S/C24H32N6O/c1-5-31-21-13-11-19(12-14-21)22(23-25-26-27-30(23)24(2,3)4)29-17-15-28(16-18-29)20-9-7-6-8-10-20/h6-14,22H,5,15-18H2,1-4H3/t22-/m0/s1. The SMILES string of the molecule is CCOc1ccc([C@@H](c2nnnn2C(C)(C)C)N2CCN(c3ccccc3)CC2)cc1. The van der Waals surface area contributed by atoms with E-state index in [1.807, 2.05) is 23.7 Å². The summed E-state index contributed by atoms with van der Waals surface area (Å²) >= 11 is 0.